The van der Waals surface area contributed by atoms with Crippen molar-refractivity contribution >= 4 is 33.6 Å². The van der Waals surface area contributed by atoms with E-state index in [1.165, 1.54) is 4.90 Å². The molecule has 0 aliphatic carbocycles. The number of hydrogen-bond acceptors (Lipinski definition) is 6. The summed E-state index contributed by atoms with van der Waals surface area (Å²) in [5, 5.41) is 0. The van der Waals surface area contributed by atoms with Gasteiger partial charge in [-0.25, -0.2) is 15.0 Å². The van der Waals surface area contributed by atoms with Crippen molar-refractivity contribution in [3.05, 3.63) is 58.1 Å². The quantitative estimate of drug-likeness (QED) is 0.769. The van der Waals surface area contributed by atoms with Gasteiger partial charge in [-0.05, 0) is 34.0 Å². The second-order valence-electron chi connectivity index (χ2n) is 6.40. The van der Waals surface area contributed by atoms with Gasteiger partial charge in [-0.3, -0.25) is 14.5 Å². The maximum atomic E-state index is 12.4. The molecule has 0 spiro atoms. The van der Waals surface area contributed by atoms with Gasteiger partial charge in [0.15, 0.2) is 11.8 Å². The molecule has 1 unspecified atom stereocenters. The number of nitrogens with two attached hydrogens (primary N) is 1. The molecular formula is C18H18BrN5O2. The van der Waals surface area contributed by atoms with Crippen LogP contribution in [0.4, 0.5) is 0 Å². The highest BCUT2D eigenvalue weighted by atomic mass is 79.9. The van der Waals surface area contributed by atoms with E-state index >= 15 is 0 Å². The maximum absolute atomic E-state index is 12.4. The van der Waals surface area contributed by atoms with Crippen molar-refractivity contribution in [1.82, 2.24) is 14.9 Å². The number of hydrogen-bond donors (Lipinski definition) is 1. The van der Waals surface area contributed by atoms with Crippen LogP contribution in [0.1, 0.15) is 35.1 Å². The van der Waals surface area contributed by atoms with Crippen LogP contribution in [-0.2, 0) is 16.8 Å². The van der Waals surface area contributed by atoms with Crippen molar-refractivity contribution in [3.8, 4) is 0 Å². The Balaban J connectivity index is 1.85. The monoisotopic (exact) mass is 415 g/mol. The minimum atomic E-state index is -0.749. The minimum absolute atomic E-state index is 0.0928. The molecule has 1 aromatic heterocycles. The predicted octanol–water partition coefficient (Wildman–Crippen LogP) is 2.06. The van der Waals surface area contributed by atoms with Gasteiger partial charge in [0.1, 0.15) is 0 Å². The van der Waals surface area contributed by atoms with Gasteiger partial charge in [0, 0.05) is 25.9 Å². The Kier molecular flexibility index (Phi) is 4.86. The molecule has 7 nitrogen and oxygen atoms in total. The summed E-state index contributed by atoms with van der Waals surface area (Å²) < 4.78 is 0.714. The first-order chi connectivity index (χ1) is 12.3. The fraction of sp³-hybridized carbons (Fsp3) is 0.278. The summed E-state index contributed by atoms with van der Waals surface area (Å²) in [6, 6.07) is 7.47. The molecule has 0 radical (unpaired) electrons. The van der Waals surface area contributed by atoms with Gasteiger partial charge < -0.3 is 5.73 Å². The third kappa shape index (κ3) is 3.65. The standard InChI is InChI=1S/C18H18BrN5O2/c1-18(8-15(26)24(2)17(20)23-18)12-5-3-4-11(6-12)7-14(25)16-21-9-13(19)10-22-16/h3-6,9-10H,7-8H2,1-2H3,(H2,20,23). The molecule has 3 rings (SSSR count). The molecule has 26 heavy (non-hydrogen) atoms. The van der Waals surface area contributed by atoms with E-state index in [2.05, 4.69) is 30.9 Å². The molecule has 8 heteroatoms. The lowest BCUT2D eigenvalue weighted by Gasteiger charge is -2.33. The lowest BCUT2D eigenvalue weighted by Crippen LogP contribution is -2.47. The van der Waals surface area contributed by atoms with E-state index in [0.29, 0.717) is 4.47 Å². The summed E-state index contributed by atoms with van der Waals surface area (Å²) >= 11 is 3.24. The van der Waals surface area contributed by atoms with Crippen molar-refractivity contribution in [2.24, 2.45) is 10.7 Å². The molecule has 0 saturated carbocycles. The Morgan fingerprint density at radius 3 is 2.69 bits per heavy atom. The van der Waals surface area contributed by atoms with Crippen molar-refractivity contribution in [3.63, 3.8) is 0 Å². The molecule has 1 atom stereocenters. The van der Waals surface area contributed by atoms with E-state index in [4.69, 9.17) is 5.73 Å². The number of amides is 1. The topological polar surface area (TPSA) is 102 Å². The maximum Gasteiger partial charge on any atom is 0.231 e. The van der Waals surface area contributed by atoms with Gasteiger partial charge in [0.25, 0.3) is 0 Å². The summed E-state index contributed by atoms with van der Waals surface area (Å²) in [5.41, 5.74) is 6.76. The molecule has 1 aromatic carbocycles. The Morgan fingerprint density at radius 2 is 2.04 bits per heavy atom. The van der Waals surface area contributed by atoms with Crippen LogP contribution in [0.25, 0.3) is 0 Å². The first-order valence-electron chi connectivity index (χ1n) is 8.00. The smallest absolute Gasteiger partial charge is 0.231 e. The SMILES string of the molecule is CN1C(=O)CC(C)(c2cccc(CC(=O)c3ncc(Br)cn3)c2)N=C1N. The number of ketones is 1. The highest BCUT2D eigenvalue weighted by Crippen LogP contribution is 2.33. The van der Waals surface area contributed by atoms with E-state index in [1.54, 1.807) is 19.4 Å². The molecule has 0 saturated heterocycles. The summed E-state index contributed by atoms with van der Waals surface area (Å²) in [6.45, 7) is 1.86. The highest BCUT2D eigenvalue weighted by molar-refractivity contribution is 9.10. The van der Waals surface area contributed by atoms with Gasteiger partial charge in [-0.1, -0.05) is 24.3 Å². The molecule has 134 valence electrons. The van der Waals surface area contributed by atoms with Crippen molar-refractivity contribution in [1.29, 1.82) is 0 Å². The summed E-state index contributed by atoms with van der Waals surface area (Å²) in [5.74, 6) is 0.0852. The second-order valence-corrected chi connectivity index (χ2v) is 7.31. The molecule has 2 aromatic rings. The van der Waals surface area contributed by atoms with Crippen LogP contribution < -0.4 is 5.73 Å². The number of Topliss-reactive ketones (excluding diaryl/α,β-unsaturated/α-hetero) is 1. The Bertz CT molecular complexity index is 897. The van der Waals surface area contributed by atoms with Crippen LogP contribution in [0, 0.1) is 0 Å². The average Bonchev–Trinajstić information content (AvgIpc) is 2.60. The number of aliphatic imine (C=N–C) groups is 1. The van der Waals surface area contributed by atoms with Gasteiger partial charge in [0.05, 0.1) is 16.4 Å². The number of guanidine groups is 1. The predicted molar refractivity (Wildman–Crippen MR) is 101 cm³/mol. The van der Waals surface area contributed by atoms with E-state index in [-0.39, 0.29) is 36.3 Å². The first-order valence-corrected chi connectivity index (χ1v) is 8.80. The van der Waals surface area contributed by atoms with Crippen LogP contribution in [-0.4, -0.2) is 39.6 Å². The molecule has 1 aliphatic rings. The number of halogens is 1. The molecule has 2 N–H and O–H groups in total. The molecule has 1 aliphatic heterocycles. The lowest BCUT2D eigenvalue weighted by molar-refractivity contribution is -0.128. The van der Waals surface area contributed by atoms with Crippen LogP contribution in [0.15, 0.2) is 46.1 Å². The number of rotatable bonds is 4. The van der Waals surface area contributed by atoms with Crippen LogP contribution in [0.2, 0.25) is 0 Å². The number of aromatic nitrogens is 2. The zero-order chi connectivity index (χ0) is 18.9. The molecule has 1 amide bonds. The molecular weight excluding hydrogens is 398 g/mol. The van der Waals surface area contributed by atoms with Crippen molar-refractivity contribution < 1.29 is 9.59 Å². The average molecular weight is 416 g/mol. The lowest BCUT2D eigenvalue weighted by atomic mass is 9.86. The van der Waals surface area contributed by atoms with Crippen LogP contribution in [0.3, 0.4) is 0 Å². The van der Waals surface area contributed by atoms with Gasteiger partial charge >= 0.3 is 0 Å². The summed E-state index contributed by atoms with van der Waals surface area (Å²) in [7, 11) is 1.61. The van der Waals surface area contributed by atoms with E-state index in [1.807, 2.05) is 31.2 Å². The Labute approximate surface area is 159 Å². The second kappa shape index (κ2) is 6.95. The molecule has 0 bridgehead atoms. The normalized spacial score (nSPS) is 20.0. The van der Waals surface area contributed by atoms with Gasteiger partial charge in [0.2, 0.25) is 11.7 Å². The van der Waals surface area contributed by atoms with Gasteiger partial charge in [-0.15, -0.1) is 0 Å². The number of benzene rings is 1. The fourth-order valence-corrected chi connectivity index (χ4v) is 3.02. The zero-order valence-corrected chi connectivity index (χ0v) is 16.0. The number of carbonyl (C=O) groups is 2. The summed E-state index contributed by atoms with van der Waals surface area (Å²) in [4.78, 5) is 38.5. The third-order valence-electron chi connectivity index (χ3n) is 4.36. The molecule has 2 heterocycles. The number of carbonyl (C=O) groups excluding carboxylic acids is 2. The third-order valence-corrected chi connectivity index (χ3v) is 4.77. The van der Waals surface area contributed by atoms with Crippen molar-refractivity contribution in [2.75, 3.05) is 7.05 Å². The number of nitrogens with zero attached hydrogens (tertiary/aromatic N) is 4. The van der Waals surface area contributed by atoms with E-state index in [0.717, 1.165) is 11.1 Å². The summed E-state index contributed by atoms with van der Waals surface area (Å²) in [6.07, 6.45) is 3.47. The van der Waals surface area contributed by atoms with Crippen molar-refractivity contribution in [2.45, 2.75) is 25.3 Å². The Morgan fingerprint density at radius 1 is 1.35 bits per heavy atom. The highest BCUT2D eigenvalue weighted by Gasteiger charge is 2.36. The molecule has 0 fully saturated rings. The Hall–Kier alpha value is -2.61. The fourth-order valence-electron chi connectivity index (χ4n) is 2.81. The van der Waals surface area contributed by atoms with E-state index < -0.39 is 5.54 Å². The first kappa shape index (κ1) is 18.2. The van der Waals surface area contributed by atoms with Gasteiger partial charge in [-0.2, -0.15) is 0 Å². The zero-order valence-electron chi connectivity index (χ0n) is 14.4. The van der Waals surface area contributed by atoms with E-state index in [9.17, 15) is 9.59 Å². The van der Waals surface area contributed by atoms with Crippen LogP contribution >= 0.6 is 15.9 Å². The minimum Gasteiger partial charge on any atom is -0.369 e. The van der Waals surface area contributed by atoms with Crippen LogP contribution in [0.5, 0.6) is 0 Å². The largest absolute Gasteiger partial charge is 0.369 e.